The summed E-state index contributed by atoms with van der Waals surface area (Å²) in [7, 11) is -3.85. The largest absolute Gasteiger partial charge is 0.455 e. The molecule has 0 spiro atoms. The molecule has 2 aliphatic heterocycles. The standard InChI is InChI=1S/C29H30N2O5S/c1-20-11-13-24(14-12-20)37(34,35)30-16-15-22-7-3-5-9-25(22)27(30)18-29(33)36-19-28(32)31-21(2)17-23-8-4-6-10-26(23)31/h3-14,21,27H,15-19H2,1-2H3/t21-,27+/m0/s1. The van der Waals surface area contributed by atoms with E-state index in [9.17, 15) is 18.0 Å². The van der Waals surface area contributed by atoms with Crippen molar-refractivity contribution in [2.24, 2.45) is 0 Å². The first kappa shape index (κ1) is 25.2. The average molecular weight is 519 g/mol. The fourth-order valence-electron chi connectivity index (χ4n) is 5.35. The predicted molar refractivity (Wildman–Crippen MR) is 141 cm³/mol. The van der Waals surface area contributed by atoms with E-state index in [1.54, 1.807) is 29.2 Å². The van der Waals surface area contributed by atoms with Gasteiger partial charge < -0.3 is 9.64 Å². The Morgan fingerprint density at radius 2 is 1.62 bits per heavy atom. The van der Waals surface area contributed by atoms with Gasteiger partial charge >= 0.3 is 5.97 Å². The number of nitrogens with zero attached hydrogens (tertiary/aromatic N) is 2. The molecule has 1 amide bonds. The van der Waals surface area contributed by atoms with Gasteiger partial charge in [0.25, 0.3) is 5.91 Å². The van der Waals surface area contributed by atoms with Gasteiger partial charge in [0.1, 0.15) is 0 Å². The van der Waals surface area contributed by atoms with Gasteiger partial charge in [-0.1, -0.05) is 60.2 Å². The first-order valence-corrected chi connectivity index (χ1v) is 13.9. The highest BCUT2D eigenvalue weighted by Crippen LogP contribution is 2.37. The number of anilines is 1. The lowest BCUT2D eigenvalue weighted by molar-refractivity contribution is -0.148. The van der Waals surface area contributed by atoms with Crippen molar-refractivity contribution in [2.75, 3.05) is 18.1 Å². The van der Waals surface area contributed by atoms with E-state index >= 15 is 0 Å². The highest BCUT2D eigenvalue weighted by atomic mass is 32.2. The van der Waals surface area contributed by atoms with Crippen LogP contribution in [0.15, 0.2) is 77.7 Å². The minimum Gasteiger partial charge on any atom is -0.455 e. The Morgan fingerprint density at radius 3 is 2.38 bits per heavy atom. The molecule has 0 saturated heterocycles. The van der Waals surface area contributed by atoms with Crippen LogP contribution in [-0.2, 0) is 37.2 Å². The third-order valence-electron chi connectivity index (χ3n) is 7.18. The third kappa shape index (κ3) is 4.91. The second kappa shape index (κ2) is 10.1. The molecular weight excluding hydrogens is 488 g/mol. The number of rotatable bonds is 6. The molecule has 0 radical (unpaired) electrons. The zero-order valence-corrected chi connectivity index (χ0v) is 21.8. The molecule has 192 valence electrons. The van der Waals surface area contributed by atoms with Crippen molar-refractivity contribution < 1.29 is 22.7 Å². The maximum atomic E-state index is 13.6. The maximum absolute atomic E-state index is 13.6. The number of carbonyl (C=O) groups excluding carboxylic acids is 2. The number of hydrogen-bond acceptors (Lipinski definition) is 5. The first-order valence-electron chi connectivity index (χ1n) is 12.5. The molecule has 0 aromatic heterocycles. The molecule has 2 atom stereocenters. The molecule has 3 aromatic rings. The Kier molecular flexibility index (Phi) is 6.88. The van der Waals surface area contributed by atoms with Crippen molar-refractivity contribution in [1.82, 2.24) is 4.31 Å². The van der Waals surface area contributed by atoms with E-state index in [-0.39, 0.29) is 29.8 Å². The van der Waals surface area contributed by atoms with Crippen LogP contribution in [0.4, 0.5) is 5.69 Å². The van der Waals surface area contributed by atoms with Crippen molar-refractivity contribution in [3.63, 3.8) is 0 Å². The summed E-state index contributed by atoms with van der Waals surface area (Å²) in [6.07, 6.45) is 1.12. The average Bonchev–Trinajstić information content (AvgIpc) is 3.23. The molecule has 8 heteroatoms. The number of hydrogen-bond donors (Lipinski definition) is 0. The number of carbonyl (C=O) groups is 2. The summed E-state index contributed by atoms with van der Waals surface area (Å²) in [5.41, 5.74) is 4.68. The summed E-state index contributed by atoms with van der Waals surface area (Å²) < 4.78 is 34.0. The smallest absolute Gasteiger partial charge is 0.308 e. The fourth-order valence-corrected chi connectivity index (χ4v) is 6.95. The molecule has 0 saturated carbocycles. The molecule has 3 aromatic carbocycles. The highest BCUT2D eigenvalue weighted by Gasteiger charge is 2.38. The zero-order valence-electron chi connectivity index (χ0n) is 21.0. The number of amides is 1. The monoisotopic (exact) mass is 518 g/mol. The molecule has 0 fully saturated rings. The topological polar surface area (TPSA) is 84.0 Å². The minimum absolute atomic E-state index is 0.0241. The van der Waals surface area contributed by atoms with Crippen LogP contribution in [0.25, 0.3) is 0 Å². The Morgan fingerprint density at radius 1 is 0.946 bits per heavy atom. The summed E-state index contributed by atoms with van der Waals surface area (Å²) in [4.78, 5) is 27.9. The van der Waals surface area contributed by atoms with Gasteiger partial charge in [0.05, 0.1) is 17.4 Å². The number of esters is 1. The molecule has 5 rings (SSSR count). The molecule has 7 nitrogen and oxygen atoms in total. The summed E-state index contributed by atoms with van der Waals surface area (Å²) >= 11 is 0. The lowest BCUT2D eigenvalue weighted by Gasteiger charge is -2.36. The van der Waals surface area contributed by atoms with E-state index < -0.39 is 28.6 Å². The molecule has 37 heavy (non-hydrogen) atoms. The zero-order chi connectivity index (χ0) is 26.2. The van der Waals surface area contributed by atoms with Crippen molar-refractivity contribution in [3.05, 3.63) is 95.1 Å². The number of sulfonamides is 1. The number of aryl methyl sites for hydroxylation is 1. The van der Waals surface area contributed by atoms with Gasteiger partial charge in [0, 0.05) is 18.3 Å². The van der Waals surface area contributed by atoms with Gasteiger partial charge in [-0.25, -0.2) is 8.42 Å². The SMILES string of the molecule is Cc1ccc(S(=O)(=O)N2CCc3ccccc3[C@H]2CC(=O)OCC(=O)N2c3ccccc3C[C@@H]2C)cc1. The summed E-state index contributed by atoms with van der Waals surface area (Å²) in [6.45, 7) is 3.73. The van der Waals surface area contributed by atoms with Gasteiger partial charge in [-0.2, -0.15) is 4.31 Å². The quantitative estimate of drug-likeness (QED) is 0.457. The summed E-state index contributed by atoms with van der Waals surface area (Å²) in [5.74, 6) is -0.904. The second-order valence-corrected chi connectivity index (χ2v) is 11.6. The second-order valence-electron chi connectivity index (χ2n) is 9.70. The number of fused-ring (bicyclic) bond motifs is 2. The van der Waals surface area contributed by atoms with Crippen LogP contribution < -0.4 is 4.90 Å². The van der Waals surface area contributed by atoms with Crippen LogP contribution in [0.3, 0.4) is 0 Å². The normalized spacial score (nSPS) is 19.2. The van der Waals surface area contributed by atoms with Gasteiger partial charge in [-0.05, 0) is 61.6 Å². The molecule has 0 unspecified atom stereocenters. The van der Waals surface area contributed by atoms with Crippen LogP contribution in [0.1, 0.15) is 41.6 Å². The van der Waals surface area contributed by atoms with E-state index in [1.165, 1.54) is 4.31 Å². The molecule has 0 aliphatic carbocycles. The molecule has 2 aliphatic rings. The predicted octanol–water partition coefficient (Wildman–Crippen LogP) is 4.19. The molecule has 2 heterocycles. The minimum atomic E-state index is -3.85. The van der Waals surface area contributed by atoms with Crippen LogP contribution >= 0.6 is 0 Å². The van der Waals surface area contributed by atoms with Gasteiger partial charge in [0.2, 0.25) is 10.0 Å². The third-order valence-corrected chi connectivity index (χ3v) is 9.11. The van der Waals surface area contributed by atoms with Crippen molar-refractivity contribution in [3.8, 4) is 0 Å². The highest BCUT2D eigenvalue weighted by molar-refractivity contribution is 7.89. The Balaban J connectivity index is 1.34. The molecular formula is C29H30N2O5S. The van der Waals surface area contributed by atoms with Crippen molar-refractivity contribution in [2.45, 2.75) is 50.1 Å². The van der Waals surface area contributed by atoms with Crippen LogP contribution in [0.2, 0.25) is 0 Å². The fraction of sp³-hybridized carbons (Fsp3) is 0.310. The number of benzene rings is 3. The van der Waals surface area contributed by atoms with E-state index in [4.69, 9.17) is 4.74 Å². The summed E-state index contributed by atoms with van der Waals surface area (Å²) in [6, 6.07) is 21.2. The molecule has 0 N–H and O–H groups in total. The van der Waals surface area contributed by atoms with Crippen molar-refractivity contribution >= 4 is 27.6 Å². The summed E-state index contributed by atoms with van der Waals surface area (Å²) in [5, 5.41) is 0. The van der Waals surface area contributed by atoms with E-state index in [1.807, 2.05) is 62.4 Å². The van der Waals surface area contributed by atoms with E-state index in [2.05, 4.69) is 0 Å². The lowest BCUT2D eigenvalue weighted by Crippen LogP contribution is -2.42. The van der Waals surface area contributed by atoms with Crippen molar-refractivity contribution in [1.29, 1.82) is 0 Å². The van der Waals surface area contributed by atoms with Crippen LogP contribution in [0.5, 0.6) is 0 Å². The number of ether oxygens (including phenoxy) is 1. The first-order chi connectivity index (χ1) is 17.8. The Bertz CT molecular complexity index is 1430. The van der Waals surface area contributed by atoms with E-state index in [0.717, 1.165) is 34.4 Å². The maximum Gasteiger partial charge on any atom is 0.308 e. The van der Waals surface area contributed by atoms with Gasteiger partial charge in [-0.15, -0.1) is 0 Å². The number of para-hydroxylation sites is 1. The van der Waals surface area contributed by atoms with Gasteiger partial charge in [0.15, 0.2) is 6.61 Å². The van der Waals surface area contributed by atoms with Gasteiger partial charge in [-0.3, -0.25) is 9.59 Å². The van der Waals surface area contributed by atoms with Crippen LogP contribution in [-0.4, -0.2) is 43.8 Å². The lowest BCUT2D eigenvalue weighted by atomic mass is 9.92. The van der Waals surface area contributed by atoms with Crippen LogP contribution in [0, 0.1) is 6.92 Å². The van der Waals surface area contributed by atoms with E-state index in [0.29, 0.717) is 6.42 Å². The Labute approximate surface area is 217 Å². The molecule has 0 bridgehead atoms. The Hall–Kier alpha value is -3.49.